The van der Waals surface area contributed by atoms with E-state index in [9.17, 15) is 39.0 Å². The van der Waals surface area contributed by atoms with Gasteiger partial charge in [-0.15, -0.1) is 22.9 Å². The van der Waals surface area contributed by atoms with Crippen molar-refractivity contribution in [2.45, 2.75) is 109 Å². The zero-order valence-corrected chi connectivity index (χ0v) is 40.8. The van der Waals surface area contributed by atoms with Gasteiger partial charge in [-0.2, -0.15) is 0 Å². The number of hydrogen-bond acceptors (Lipinski definition) is 12. The van der Waals surface area contributed by atoms with Crippen molar-refractivity contribution >= 4 is 172 Å². The molecular weight excluding hydrogens is 930 g/mol. The molecule has 0 saturated carbocycles. The van der Waals surface area contributed by atoms with Crippen LogP contribution in [-0.2, 0) is 47.7 Å². The highest BCUT2D eigenvalue weighted by Crippen LogP contribution is 2.55. The highest BCUT2D eigenvalue weighted by atomic mass is 16.6. The molecule has 4 saturated heterocycles. The number of nitrogens with one attached hydrogen (secondary N) is 2. The fraction of sp³-hybridized carbons (Fsp3) is 0.435. The topological polar surface area (TPSA) is 237 Å². The van der Waals surface area contributed by atoms with Gasteiger partial charge in [-0.3, -0.25) is 28.8 Å². The van der Waals surface area contributed by atoms with E-state index < -0.39 is 105 Å². The molecule has 9 heterocycles. The first-order chi connectivity index (χ1) is 34.7. The lowest BCUT2D eigenvalue weighted by molar-refractivity contribution is -0.159. The number of rotatable bonds is 18. The molecule has 10 atom stereocenters. The predicted octanol–water partition coefficient (Wildman–Crippen LogP) is 2.45. The first-order valence-electron chi connectivity index (χ1n) is 23.7. The van der Waals surface area contributed by atoms with E-state index in [1.807, 2.05) is 0 Å². The number of aromatic nitrogens is 4. The normalized spacial score (nSPS) is 27.7. The Morgan fingerprint density at radius 3 is 1.22 bits per heavy atom. The van der Waals surface area contributed by atoms with E-state index in [0.29, 0.717) is 72.8 Å². The Labute approximate surface area is 439 Å². The zero-order valence-electron chi connectivity index (χ0n) is 40.8. The minimum atomic E-state index is -1.67. The number of carboxylic acids is 2. The fourth-order valence-corrected chi connectivity index (χ4v) is 9.25. The minimum absolute atomic E-state index is 0.0543. The molecule has 0 spiro atoms. The van der Waals surface area contributed by atoms with Crippen molar-refractivity contribution in [2.75, 3.05) is 13.2 Å². The third-order valence-electron chi connectivity index (χ3n) is 14.7. The van der Waals surface area contributed by atoms with Gasteiger partial charge in [0.1, 0.15) is 42.3 Å². The Hall–Kier alpha value is -5.80. The van der Waals surface area contributed by atoms with Crippen LogP contribution in [0, 0.1) is 13.8 Å². The summed E-state index contributed by atoms with van der Waals surface area (Å²) in [6.07, 6.45) is -3.18. The number of allylic oxidation sites excluding steroid dienone is 4. The highest BCUT2D eigenvalue weighted by Gasteiger charge is 2.57. The summed E-state index contributed by atoms with van der Waals surface area (Å²) in [4.78, 5) is 95.3. The van der Waals surface area contributed by atoms with Gasteiger partial charge in [0.2, 0.25) is 0 Å². The number of nitrogens with zero attached hydrogens (tertiary/aromatic N) is 2. The van der Waals surface area contributed by atoms with Crippen LogP contribution >= 0.6 is 0 Å². The van der Waals surface area contributed by atoms with Gasteiger partial charge in [0.25, 0.3) is 23.9 Å². The lowest BCUT2D eigenvalue weighted by atomic mass is 9.70. The van der Waals surface area contributed by atoms with Gasteiger partial charge in [-0.1, -0.05) is 0 Å². The lowest BCUT2D eigenvalue weighted by Gasteiger charge is -2.23. The van der Waals surface area contributed by atoms with Gasteiger partial charge in [0.05, 0.1) is 85.5 Å². The van der Waals surface area contributed by atoms with Crippen LogP contribution in [0.2, 0.25) is 43.7 Å². The molecule has 6 aliphatic heterocycles. The van der Waals surface area contributed by atoms with Crippen LogP contribution in [0.4, 0.5) is 0 Å². The van der Waals surface area contributed by atoms with Crippen molar-refractivity contribution in [3.63, 3.8) is 0 Å². The molecule has 4 N–H and O–H groups in total. The maximum absolute atomic E-state index is 13.9. The molecule has 8 bridgehead atoms. The van der Waals surface area contributed by atoms with Crippen molar-refractivity contribution < 1.29 is 57.9 Å². The average molecular weight is 969 g/mol. The molecule has 9 rings (SSSR count). The summed E-state index contributed by atoms with van der Waals surface area (Å²) in [7, 11) is 54.5. The van der Waals surface area contributed by atoms with Gasteiger partial charge in [-0.25, -0.2) is 9.97 Å². The largest absolute Gasteiger partial charge is 0.481 e. The molecule has 3 aromatic rings. The van der Waals surface area contributed by atoms with E-state index in [1.54, 1.807) is 52.0 Å². The molecule has 350 valence electrons. The van der Waals surface area contributed by atoms with E-state index >= 15 is 0 Å². The summed E-state index contributed by atoms with van der Waals surface area (Å²) in [6, 6.07) is 6.71. The summed E-state index contributed by atoms with van der Waals surface area (Å²) in [5, 5.41) is 13.1. The molecule has 20 radical (unpaired) electrons. The van der Waals surface area contributed by atoms with E-state index in [-0.39, 0.29) is 42.3 Å². The number of aliphatic carboxylic acids is 2. The number of aromatic amines is 2. The van der Waals surface area contributed by atoms with Crippen LogP contribution < -0.4 is 0 Å². The van der Waals surface area contributed by atoms with E-state index in [4.69, 9.17) is 91.7 Å². The molecule has 10 unspecified atom stereocenters. The standard InChI is InChI=1S/C46H38B12N4O12/c1-15-19(5-7-31(63)64)25-12-26-20(6-8-32(65)66)16(2)22(60-26)10-27-34(30(74-42(70)46(54)38(50)58-46)14-72-40(68)44(52)36(48)56-44)18(4)24(62-27)11-28-33(17(3)23(61-28)9-21(15)59-25)29(73-41(69)45(53)37(49)57-45)13-71-39(67)43(51)35(47)55-43/h9-12,29-30,35-38,61-62H,5-8,13-14H2,1-4H3,(H,63,64)(H,65,66). The second-order valence-corrected chi connectivity index (χ2v) is 19.8. The smallest absolute Gasteiger partial charge is 0.303 e. The van der Waals surface area contributed by atoms with Crippen molar-refractivity contribution in [3.8, 4) is 0 Å². The zero-order chi connectivity index (χ0) is 53.7. The fourth-order valence-electron chi connectivity index (χ4n) is 9.25. The van der Waals surface area contributed by atoms with Gasteiger partial charge >= 0.3 is 11.9 Å². The molecule has 16 nitrogen and oxygen atoms in total. The van der Waals surface area contributed by atoms with E-state index in [0.717, 1.165) is 0 Å². The number of hydrogen-bond donors (Lipinski definition) is 4. The van der Waals surface area contributed by atoms with Crippen molar-refractivity contribution in [1.82, 2.24) is 19.9 Å². The number of carbonyl (C=O) groups is 6. The highest BCUT2D eigenvalue weighted by molar-refractivity contribution is 6.85. The van der Waals surface area contributed by atoms with Crippen molar-refractivity contribution in [1.29, 1.82) is 0 Å². The average Bonchev–Trinajstić information content (AvgIpc) is 4.27. The first-order valence-corrected chi connectivity index (χ1v) is 23.7. The molecule has 6 aliphatic rings. The summed E-state index contributed by atoms with van der Waals surface area (Å²) in [6.45, 7) is 5.82. The number of fused-ring (bicyclic) bond motifs is 8. The number of carbonyl (C=O) groups excluding carboxylic acids is 4. The van der Waals surface area contributed by atoms with Crippen LogP contribution in [0.15, 0.2) is 24.3 Å². The van der Waals surface area contributed by atoms with Gasteiger partial charge < -0.3 is 39.1 Å². The van der Waals surface area contributed by atoms with Crippen molar-refractivity contribution in [3.05, 3.63) is 69.3 Å². The maximum atomic E-state index is 13.9. The monoisotopic (exact) mass is 970 g/mol. The SMILES string of the molecule is [B]C1[B]C1([B])C(=O)OCC(OC(=O)C1([B])[B]C1[B])c1c(C)c2cc3[nH]c(cc4nc(cc5nc(cc1[nH]2)C(C)=C5CCC(=O)O)C(CCC(=O)O)=C4C)c(C)c3C(COC(=O)C1([B])[B]C1[B])OC(=O)C1([B])[B]C1[B]. The number of ether oxygens (including phenoxy) is 4. The third kappa shape index (κ3) is 9.71. The number of carboxylic acid groups (broad SMARTS) is 2. The number of aryl methyl sites for hydroxylation is 2. The Kier molecular flexibility index (Phi) is 13.7. The molecule has 4 fully saturated rings. The second-order valence-electron chi connectivity index (χ2n) is 19.8. The first kappa shape index (κ1) is 53.0. The minimum Gasteiger partial charge on any atom is -0.481 e. The Morgan fingerprint density at radius 1 is 0.541 bits per heavy atom. The van der Waals surface area contributed by atoms with Crippen LogP contribution in [0.1, 0.15) is 96.8 Å². The third-order valence-corrected chi connectivity index (χ3v) is 14.7. The van der Waals surface area contributed by atoms with Crippen LogP contribution in [0.3, 0.4) is 0 Å². The maximum Gasteiger partial charge on any atom is 0.303 e. The van der Waals surface area contributed by atoms with Crippen LogP contribution in [-0.4, -0.2) is 171 Å². The lowest BCUT2D eigenvalue weighted by Crippen LogP contribution is -2.25. The van der Waals surface area contributed by atoms with Gasteiger partial charge in [-0.05, 0) is 119 Å². The molecule has 28 heteroatoms. The molecule has 0 amide bonds. The molecule has 3 aromatic heterocycles. The van der Waals surface area contributed by atoms with Crippen LogP contribution in [0.25, 0.3) is 44.4 Å². The molecule has 74 heavy (non-hydrogen) atoms. The summed E-state index contributed by atoms with van der Waals surface area (Å²) in [5.74, 6) is -5.72. The molecule has 0 aliphatic carbocycles. The van der Waals surface area contributed by atoms with Crippen LogP contribution in [0.5, 0.6) is 0 Å². The molecular formula is C46H38B12N4O12. The van der Waals surface area contributed by atoms with Crippen molar-refractivity contribution in [2.24, 2.45) is 0 Å². The Morgan fingerprint density at radius 2 is 0.865 bits per heavy atom. The summed E-state index contributed by atoms with van der Waals surface area (Å²) >= 11 is 0. The predicted molar refractivity (Wildman–Crippen MR) is 284 cm³/mol. The Balaban J connectivity index is 1.32. The second kappa shape index (κ2) is 19.1. The number of H-pyrrole nitrogens is 2. The quantitative estimate of drug-likeness (QED) is 0.0815. The summed E-state index contributed by atoms with van der Waals surface area (Å²) < 4.78 is 23.7. The van der Waals surface area contributed by atoms with Gasteiger partial charge in [0.15, 0.2) is 12.2 Å². The van der Waals surface area contributed by atoms with E-state index in [2.05, 4.69) is 9.97 Å². The Bertz CT molecular complexity index is 3220. The molecule has 0 aromatic carbocycles. The number of esters is 4. The van der Waals surface area contributed by atoms with E-state index in [1.165, 1.54) is 29.1 Å². The van der Waals surface area contributed by atoms with Gasteiger partial charge in [0, 0.05) is 46.0 Å². The summed E-state index contributed by atoms with van der Waals surface area (Å²) in [5.41, 5.74) is 3.42.